The highest BCUT2D eigenvalue weighted by Gasteiger charge is 2.32. The number of nitro benzene ring substituents is 1. The van der Waals surface area contributed by atoms with Crippen LogP contribution in [0.5, 0.6) is 0 Å². The summed E-state index contributed by atoms with van der Waals surface area (Å²) in [5.41, 5.74) is 0.283. The van der Waals surface area contributed by atoms with E-state index in [-0.39, 0.29) is 16.7 Å². The maximum Gasteiger partial charge on any atom is 0.293 e. The van der Waals surface area contributed by atoms with Gasteiger partial charge in [-0.25, -0.2) is 8.42 Å². The largest absolute Gasteiger partial charge is 0.375 e. The Hall–Kier alpha value is -1.71. The monoisotopic (exact) mass is 397 g/mol. The topological polar surface area (TPSA) is 93.0 Å². The molecule has 1 aromatic carbocycles. The number of hydrogen-bond acceptors (Lipinski definition) is 6. The lowest BCUT2D eigenvalue weighted by Crippen LogP contribution is -2.42. The molecule has 0 spiro atoms. The minimum absolute atomic E-state index is 0.00708. The summed E-state index contributed by atoms with van der Waals surface area (Å²) >= 11 is 0. The Morgan fingerprint density at radius 3 is 2.74 bits per heavy atom. The summed E-state index contributed by atoms with van der Waals surface area (Å²) in [6.07, 6.45) is 2.66. The van der Waals surface area contributed by atoms with Crippen LogP contribution in [0, 0.1) is 16.0 Å². The third kappa shape index (κ3) is 4.25. The molecule has 8 nitrogen and oxygen atoms in total. The number of anilines is 1. The number of nitrogens with zero attached hydrogens (tertiary/aromatic N) is 3. The normalized spacial score (nSPS) is 24.7. The summed E-state index contributed by atoms with van der Waals surface area (Å²) in [6.45, 7) is 6.57. The van der Waals surface area contributed by atoms with Crippen molar-refractivity contribution in [2.75, 3.05) is 37.7 Å². The lowest BCUT2D eigenvalue weighted by Gasteiger charge is -2.34. The van der Waals surface area contributed by atoms with Crippen molar-refractivity contribution < 1.29 is 18.1 Å². The highest BCUT2D eigenvalue weighted by Crippen LogP contribution is 2.34. The number of benzene rings is 1. The second-order valence-electron chi connectivity index (χ2n) is 7.37. The molecule has 0 saturated carbocycles. The number of hydrogen-bond donors (Lipinski definition) is 0. The molecule has 150 valence electrons. The second-order valence-corrected chi connectivity index (χ2v) is 9.30. The number of nitro groups is 1. The number of piperidine rings is 1. The fourth-order valence-corrected chi connectivity index (χ4v) is 5.40. The molecule has 0 aliphatic carbocycles. The maximum absolute atomic E-state index is 13.0. The molecule has 2 fully saturated rings. The van der Waals surface area contributed by atoms with E-state index in [2.05, 4.69) is 0 Å². The number of sulfonamides is 1. The second kappa shape index (κ2) is 8.12. The molecule has 2 heterocycles. The van der Waals surface area contributed by atoms with Crippen LogP contribution in [0.15, 0.2) is 23.1 Å². The van der Waals surface area contributed by atoms with Gasteiger partial charge in [0.1, 0.15) is 5.69 Å². The SMILES string of the molecule is CCC1CN(c2ccc(S(=O)(=O)N3CCCC(C)C3)cc2[N+](=O)[O-])CCO1. The first-order chi connectivity index (χ1) is 12.8. The Balaban J connectivity index is 1.92. The standard InChI is InChI=1S/C18H27N3O5S/c1-3-15-13-19(9-10-26-15)17-7-6-16(11-18(17)21(22)23)27(24,25)20-8-4-5-14(2)12-20/h6-7,11,14-15H,3-5,8-10,12-13H2,1-2H3. The van der Waals surface area contributed by atoms with Gasteiger partial charge in [0.25, 0.3) is 5.69 Å². The first kappa shape index (κ1) is 20.0. The Labute approximate surface area is 160 Å². The first-order valence-electron chi connectivity index (χ1n) is 9.48. The van der Waals surface area contributed by atoms with E-state index in [1.54, 1.807) is 6.07 Å². The van der Waals surface area contributed by atoms with Gasteiger partial charge in [-0.05, 0) is 37.3 Å². The Morgan fingerprint density at radius 2 is 2.07 bits per heavy atom. The predicted octanol–water partition coefficient (Wildman–Crippen LogP) is 2.63. The highest BCUT2D eigenvalue weighted by molar-refractivity contribution is 7.89. The Bertz CT molecular complexity index is 798. The molecule has 0 radical (unpaired) electrons. The van der Waals surface area contributed by atoms with Crippen molar-refractivity contribution in [3.8, 4) is 0 Å². The zero-order valence-electron chi connectivity index (χ0n) is 15.8. The van der Waals surface area contributed by atoms with E-state index in [4.69, 9.17) is 4.74 Å². The summed E-state index contributed by atoms with van der Waals surface area (Å²) in [4.78, 5) is 13.1. The smallest absolute Gasteiger partial charge is 0.293 e. The average Bonchev–Trinajstić information content (AvgIpc) is 2.67. The lowest BCUT2D eigenvalue weighted by atomic mass is 10.0. The van der Waals surface area contributed by atoms with Crippen LogP contribution in [0.3, 0.4) is 0 Å². The van der Waals surface area contributed by atoms with Crippen molar-refractivity contribution in [1.82, 2.24) is 4.31 Å². The van der Waals surface area contributed by atoms with Gasteiger partial charge in [-0.3, -0.25) is 10.1 Å². The van der Waals surface area contributed by atoms with E-state index in [9.17, 15) is 18.5 Å². The quantitative estimate of drug-likeness (QED) is 0.560. The maximum atomic E-state index is 13.0. The van der Waals surface area contributed by atoms with Gasteiger partial charge >= 0.3 is 0 Å². The van der Waals surface area contributed by atoms with Gasteiger partial charge < -0.3 is 9.64 Å². The molecule has 2 aliphatic heterocycles. The van der Waals surface area contributed by atoms with Gasteiger partial charge in [0.05, 0.1) is 22.5 Å². The van der Waals surface area contributed by atoms with Gasteiger partial charge in [0, 0.05) is 32.2 Å². The molecule has 0 aromatic heterocycles. The van der Waals surface area contributed by atoms with Crippen molar-refractivity contribution >= 4 is 21.4 Å². The number of ether oxygens (including phenoxy) is 1. The molecule has 0 N–H and O–H groups in total. The van der Waals surface area contributed by atoms with Gasteiger partial charge in [0.2, 0.25) is 10.0 Å². The predicted molar refractivity (Wildman–Crippen MR) is 102 cm³/mol. The van der Waals surface area contributed by atoms with Crippen LogP contribution in [0.2, 0.25) is 0 Å². The fraction of sp³-hybridized carbons (Fsp3) is 0.667. The van der Waals surface area contributed by atoms with E-state index >= 15 is 0 Å². The number of morpholine rings is 1. The first-order valence-corrected chi connectivity index (χ1v) is 10.9. The summed E-state index contributed by atoms with van der Waals surface area (Å²) in [6, 6.07) is 4.27. The molecule has 2 aliphatic rings. The molecule has 0 bridgehead atoms. The minimum atomic E-state index is -3.73. The van der Waals surface area contributed by atoms with Crippen LogP contribution in [-0.2, 0) is 14.8 Å². The van der Waals surface area contributed by atoms with Crippen LogP contribution in [-0.4, -0.2) is 56.5 Å². The van der Waals surface area contributed by atoms with Crippen molar-refractivity contribution in [3.05, 3.63) is 28.3 Å². The van der Waals surface area contributed by atoms with E-state index in [0.717, 1.165) is 19.3 Å². The Morgan fingerprint density at radius 1 is 1.30 bits per heavy atom. The van der Waals surface area contributed by atoms with Gasteiger partial charge in [0.15, 0.2) is 0 Å². The fourth-order valence-electron chi connectivity index (χ4n) is 3.78. The third-order valence-electron chi connectivity index (χ3n) is 5.34. The summed E-state index contributed by atoms with van der Waals surface area (Å²) in [5.74, 6) is 0.294. The molecule has 3 rings (SSSR count). The van der Waals surface area contributed by atoms with Crippen molar-refractivity contribution in [1.29, 1.82) is 0 Å². The van der Waals surface area contributed by atoms with Crippen LogP contribution in [0.25, 0.3) is 0 Å². The zero-order chi connectivity index (χ0) is 19.6. The molecule has 27 heavy (non-hydrogen) atoms. The van der Waals surface area contributed by atoms with Gasteiger partial charge in [-0.2, -0.15) is 4.31 Å². The summed E-state index contributed by atoms with van der Waals surface area (Å²) in [7, 11) is -3.73. The van der Waals surface area contributed by atoms with Crippen LogP contribution < -0.4 is 4.90 Å². The van der Waals surface area contributed by atoms with E-state index in [0.29, 0.717) is 44.4 Å². The number of rotatable bonds is 5. The minimum Gasteiger partial charge on any atom is -0.375 e. The zero-order valence-corrected chi connectivity index (χ0v) is 16.7. The average molecular weight is 397 g/mol. The van der Waals surface area contributed by atoms with Crippen LogP contribution >= 0.6 is 0 Å². The summed E-state index contributed by atoms with van der Waals surface area (Å²) < 4.78 is 33.0. The molecule has 2 atom stereocenters. The lowest BCUT2D eigenvalue weighted by molar-refractivity contribution is -0.384. The molecular formula is C18H27N3O5S. The van der Waals surface area contributed by atoms with Crippen LogP contribution in [0.1, 0.15) is 33.1 Å². The van der Waals surface area contributed by atoms with Gasteiger partial charge in [-0.1, -0.05) is 13.8 Å². The van der Waals surface area contributed by atoms with E-state index in [1.807, 2.05) is 18.7 Å². The van der Waals surface area contributed by atoms with Gasteiger partial charge in [-0.15, -0.1) is 0 Å². The van der Waals surface area contributed by atoms with Crippen molar-refractivity contribution in [3.63, 3.8) is 0 Å². The molecule has 0 amide bonds. The van der Waals surface area contributed by atoms with E-state index < -0.39 is 14.9 Å². The molecule has 1 aromatic rings. The third-order valence-corrected chi connectivity index (χ3v) is 7.20. The van der Waals surface area contributed by atoms with Crippen LogP contribution in [0.4, 0.5) is 11.4 Å². The molecule has 2 saturated heterocycles. The summed E-state index contributed by atoms with van der Waals surface area (Å²) in [5, 5.41) is 11.7. The Kier molecular flexibility index (Phi) is 6.02. The molecule has 2 unspecified atom stereocenters. The van der Waals surface area contributed by atoms with Crippen molar-refractivity contribution in [2.45, 2.75) is 44.1 Å². The highest BCUT2D eigenvalue weighted by atomic mass is 32.2. The molecular weight excluding hydrogens is 370 g/mol. The van der Waals surface area contributed by atoms with E-state index in [1.165, 1.54) is 16.4 Å². The van der Waals surface area contributed by atoms with Crippen molar-refractivity contribution in [2.24, 2.45) is 5.92 Å². The molecule has 9 heteroatoms.